The van der Waals surface area contributed by atoms with Crippen LogP contribution in [0, 0.1) is 27.7 Å². The Hall–Kier alpha value is -3.87. The molecule has 1 N–H and O–H groups in total. The number of hydrogen-bond acceptors (Lipinski definition) is 5. The van der Waals surface area contributed by atoms with Gasteiger partial charge < -0.3 is 9.74 Å². The monoisotopic (exact) mass is 674 g/mol. The first-order valence-electron chi connectivity index (χ1n) is 18.2. The summed E-state index contributed by atoms with van der Waals surface area (Å²) >= 11 is 3.78. The average molecular weight is 675 g/mol. The predicted molar refractivity (Wildman–Crippen MR) is 209 cm³/mol. The maximum Gasteiger partial charge on any atom is 0.325 e. The van der Waals surface area contributed by atoms with E-state index in [0.717, 1.165) is 32.4 Å². The molecule has 0 amide bonds. The van der Waals surface area contributed by atoms with Crippen LogP contribution in [0.4, 0.5) is 11.4 Å². The zero-order chi connectivity index (χ0) is 34.5. The third kappa shape index (κ3) is 7.22. The molecule has 2 aliphatic rings. The molecule has 0 saturated heterocycles. The SMILES string of the molecule is CC[N+](=CC=CC=C1N(CCCCCC(=O)ONS)c2ccc3c(C)cc(C)cc3c2C12CCCCC2)c1ccc2c(C)cc(C)cc2c1. The molecule has 5 nitrogen and oxygen atoms in total. The van der Waals surface area contributed by atoms with Crippen molar-refractivity contribution in [3.05, 3.63) is 106 Å². The molecule has 4 aromatic rings. The molecule has 0 atom stereocenters. The van der Waals surface area contributed by atoms with Gasteiger partial charge in [0.15, 0.2) is 6.21 Å². The van der Waals surface area contributed by atoms with E-state index in [1.807, 2.05) is 0 Å². The summed E-state index contributed by atoms with van der Waals surface area (Å²) in [6, 6.07) is 20.8. The molecule has 0 aromatic heterocycles. The van der Waals surface area contributed by atoms with E-state index in [2.05, 4.69) is 141 Å². The molecule has 1 heterocycles. The molecule has 1 spiro atoms. The van der Waals surface area contributed by atoms with Gasteiger partial charge in [-0.25, -0.2) is 0 Å². The van der Waals surface area contributed by atoms with Crippen LogP contribution in [0.15, 0.2) is 78.5 Å². The van der Waals surface area contributed by atoms with Gasteiger partial charge in [-0.05, 0) is 117 Å². The van der Waals surface area contributed by atoms with Crippen molar-refractivity contribution in [1.82, 2.24) is 4.89 Å². The van der Waals surface area contributed by atoms with Crippen LogP contribution in [-0.2, 0) is 15.0 Å². The third-order valence-corrected chi connectivity index (χ3v) is 10.8. The van der Waals surface area contributed by atoms with E-state index >= 15 is 0 Å². The molecule has 6 heteroatoms. The quantitative estimate of drug-likeness (QED) is 0.0546. The lowest BCUT2D eigenvalue weighted by atomic mass is 9.67. The van der Waals surface area contributed by atoms with Crippen molar-refractivity contribution in [2.75, 3.05) is 18.0 Å². The van der Waals surface area contributed by atoms with Crippen LogP contribution in [0.25, 0.3) is 21.5 Å². The van der Waals surface area contributed by atoms with Gasteiger partial charge in [-0.3, -0.25) is 4.79 Å². The van der Waals surface area contributed by atoms with Crippen molar-refractivity contribution in [1.29, 1.82) is 0 Å². The summed E-state index contributed by atoms with van der Waals surface area (Å²) < 4.78 is 2.33. The largest absolute Gasteiger partial charge is 0.360 e. The Bertz CT molecular complexity index is 1950. The summed E-state index contributed by atoms with van der Waals surface area (Å²) in [7, 11) is 0. The second-order valence-electron chi connectivity index (χ2n) is 14.2. The number of carbonyl (C=O) groups excluding carboxylic acids is 1. The van der Waals surface area contributed by atoms with Crippen LogP contribution in [0.3, 0.4) is 0 Å². The summed E-state index contributed by atoms with van der Waals surface area (Å²) in [5.41, 5.74) is 10.8. The maximum absolute atomic E-state index is 11.9. The number of nitrogens with zero attached hydrogens (tertiary/aromatic N) is 2. The summed E-state index contributed by atoms with van der Waals surface area (Å²) in [6.07, 6.45) is 18.4. The first-order valence-corrected chi connectivity index (χ1v) is 18.6. The van der Waals surface area contributed by atoms with Crippen LogP contribution in [0.1, 0.15) is 92.5 Å². The van der Waals surface area contributed by atoms with Gasteiger partial charge in [-0.1, -0.05) is 90.9 Å². The number of hydrogen-bond donors (Lipinski definition) is 2. The first kappa shape index (κ1) is 35.0. The van der Waals surface area contributed by atoms with Gasteiger partial charge in [0.05, 0.1) is 0 Å². The predicted octanol–water partition coefficient (Wildman–Crippen LogP) is 10.6. The van der Waals surface area contributed by atoms with E-state index in [1.54, 1.807) is 0 Å². The number of anilines is 1. The number of fused-ring (bicyclic) bond motifs is 5. The van der Waals surface area contributed by atoms with Gasteiger partial charge in [0, 0.05) is 48.0 Å². The van der Waals surface area contributed by atoms with Crippen LogP contribution in [0.5, 0.6) is 0 Å². The minimum absolute atomic E-state index is 0.00176. The Morgan fingerprint density at radius 3 is 2.37 bits per heavy atom. The van der Waals surface area contributed by atoms with Crippen LogP contribution in [0.2, 0.25) is 0 Å². The van der Waals surface area contributed by atoms with E-state index < -0.39 is 0 Å². The highest BCUT2D eigenvalue weighted by atomic mass is 32.1. The highest BCUT2D eigenvalue weighted by molar-refractivity contribution is 7.77. The fourth-order valence-corrected chi connectivity index (χ4v) is 8.69. The van der Waals surface area contributed by atoms with Crippen molar-refractivity contribution >= 4 is 57.9 Å². The number of rotatable bonds is 11. The Kier molecular flexibility index (Phi) is 11.0. The number of thiol groups is 1. The Morgan fingerprint density at radius 2 is 1.61 bits per heavy atom. The van der Waals surface area contributed by atoms with Crippen molar-refractivity contribution < 1.29 is 14.2 Å². The molecule has 1 aliphatic carbocycles. The zero-order valence-corrected chi connectivity index (χ0v) is 30.8. The fourth-order valence-electron chi connectivity index (χ4n) is 8.59. The highest BCUT2D eigenvalue weighted by Crippen LogP contribution is 2.57. The number of nitrogens with one attached hydrogen (secondary N) is 1. The Labute approximate surface area is 298 Å². The summed E-state index contributed by atoms with van der Waals surface area (Å²) in [6.45, 7) is 12.9. The van der Waals surface area contributed by atoms with E-state index in [9.17, 15) is 4.79 Å². The number of aryl methyl sites for hydroxylation is 4. The lowest BCUT2D eigenvalue weighted by Gasteiger charge is -2.37. The molecular weight excluding hydrogens is 623 g/mol. The van der Waals surface area contributed by atoms with Crippen molar-refractivity contribution in [2.24, 2.45) is 0 Å². The van der Waals surface area contributed by atoms with Gasteiger partial charge in [0.1, 0.15) is 6.54 Å². The minimum atomic E-state index is -0.267. The van der Waals surface area contributed by atoms with E-state index in [4.69, 9.17) is 4.84 Å². The number of carbonyl (C=O) groups is 1. The standard InChI is InChI=1S/C43H52N3O2S/c1-6-45(35-17-18-36-32(4)25-30(2)27-34(36)29-35)23-14-10-15-40-43(21-11-8-12-22-43)42-38-28-31(3)26-33(5)37(38)19-20-39(42)46(40)24-13-7-9-16-41(47)48-44-49/h10,14-15,17-20,23,25-29,44,49H,6-9,11-13,16,21-22,24H2,1-5H3/q+1. The van der Waals surface area contributed by atoms with Crippen molar-refractivity contribution in [3.63, 3.8) is 0 Å². The number of allylic oxidation sites excluding steroid dienone is 4. The highest BCUT2D eigenvalue weighted by Gasteiger charge is 2.48. The molecule has 1 fully saturated rings. The lowest BCUT2D eigenvalue weighted by Crippen LogP contribution is -2.33. The van der Waals surface area contributed by atoms with Crippen LogP contribution in [-0.4, -0.2) is 29.8 Å². The Balaban J connectivity index is 1.37. The molecule has 1 aliphatic heterocycles. The van der Waals surface area contributed by atoms with Gasteiger partial charge in [0.25, 0.3) is 0 Å². The normalized spacial score (nSPS) is 16.8. The molecule has 0 radical (unpaired) electrons. The van der Waals surface area contributed by atoms with Crippen LogP contribution < -0.4 is 9.79 Å². The van der Waals surface area contributed by atoms with E-state index in [0.29, 0.717) is 6.42 Å². The van der Waals surface area contributed by atoms with Crippen molar-refractivity contribution in [3.8, 4) is 0 Å². The summed E-state index contributed by atoms with van der Waals surface area (Å²) in [4.78, 5) is 21.5. The molecule has 0 unspecified atom stereocenters. The van der Waals surface area contributed by atoms with Gasteiger partial charge in [0.2, 0.25) is 5.69 Å². The topological polar surface area (TPSA) is 44.6 Å². The second-order valence-corrected chi connectivity index (χ2v) is 14.3. The van der Waals surface area contributed by atoms with Gasteiger partial charge >= 0.3 is 5.97 Å². The Morgan fingerprint density at radius 1 is 0.878 bits per heavy atom. The lowest BCUT2D eigenvalue weighted by molar-refractivity contribution is -0.430. The molecule has 1 saturated carbocycles. The average Bonchev–Trinajstić information content (AvgIpc) is 3.32. The first-order chi connectivity index (χ1) is 23.8. The second kappa shape index (κ2) is 15.3. The maximum atomic E-state index is 11.9. The molecule has 0 bridgehead atoms. The van der Waals surface area contributed by atoms with Gasteiger partial charge in [-0.15, -0.1) is 0 Å². The molecular formula is C43H52N3O2S+. The number of benzene rings is 4. The third-order valence-electron chi connectivity index (χ3n) is 10.7. The zero-order valence-electron chi connectivity index (χ0n) is 29.9. The molecule has 6 rings (SSSR count). The van der Waals surface area contributed by atoms with E-state index in [-0.39, 0.29) is 11.4 Å². The van der Waals surface area contributed by atoms with E-state index in [1.165, 1.54) is 98.5 Å². The fraction of sp³-hybridized carbons (Fsp3) is 0.395. The summed E-state index contributed by atoms with van der Waals surface area (Å²) in [5.74, 6) is -0.267. The molecule has 49 heavy (non-hydrogen) atoms. The smallest absolute Gasteiger partial charge is 0.325 e. The number of unbranched alkanes of at least 4 members (excludes halogenated alkanes) is 2. The van der Waals surface area contributed by atoms with Crippen molar-refractivity contribution in [2.45, 2.75) is 97.8 Å². The van der Waals surface area contributed by atoms with Crippen LogP contribution >= 0.6 is 12.8 Å². The minimum Gasteiger partial charge on any atom is -0.360 e. The summed E-state index contributed by atoms with van der Waals surface area (Å²) in [5, 5.41) is 5.40. The molecule has 256 valence electrons. The molecule has 4 aromatic carbocycles. The van der Waals surface area contributed by atoms with Gasteiger partial charge in [-0.2, -0.15) is 4.58 Å².